The average Bonchev–Trinajstić information content (AvgIpc) is 2.37. The molecule has 2 nitrogen and oxygen atoms in total. The molecule has 0 aliphatic heterocycles. The second-order valence-corrected chi connectivity index (χ2v) is 14.4. The molecule has 0 atom stereocenters. The Kier molecular flexibility index (Phi) is 14.1. The Balaban J connectivity index is 3.04. The number of carbonyl (C=O) groups is 1. The van der Waals surface area contributed by atoms with Crippen LogP contribution in [0.4, 0.5) is 0 Å². The Morgan fingerprint density at radius 3 is 1.43 bits per heavy atom. The van der Waals surface area contributed by atoms with E-state index in [0.29, 0.717) is 6.42 Å². The van der Waals surface area contributed by atoms with Gasteiger partial charge in [0.15, 0.2) is 0 Å². The van der Waals surface area contributed by atoms with Crippen molar-refractivity contribution in [3.63, 3.8) is 0 Å². The summed E-state index contributed by atoms with van der Waals surface area (Å²) in [5, 5.41) is 8.52. The number of hydrogen-bond acceptors (Lipinski definition) is 1. The number of halogens is 2. The highest BCUT2D eigenvalue weighted by Gasteiger charge is 2.19. The zero-order valence-electron chi connectivity index (χ0n) is 13.5. The molecule has 0 saturated carbocycles. The average molecular weight is 355 g/mol. The minimum absolute atomic E-state index is 0.328. The van der Waals surface area contributed by atoms with Gasteiger partial charge in [0, 0.05) is 6.42 Å². The molecule has 5 heteroatoms. The maximum absolute atomic E-state index is 10.3. The van der Waals surface area contributed by atoms with E-state index in [1.807, 2.05) is 6.55 Å². The summed E-state index contributed by atoms with van der Waals surface area (Å²) < 4.78 is 0. The van der Waals surface area contributed by atoms with E-state index in [4.69, 9.17) is 27.3 Å². The Hall–Kier alpha value is 0.267. The largest absolute Gasteiger partial charge is 0.481 e. The number of rotatable bonds is 15. The smallest absolute Gasteiger partial charge is 0.303 e. The van der Waals surface area contributed by atoms with Gasteiger partial charge in [-0.05, 0) is 19.0 Å². The predicted molar refractivity (Wildman–Crippen MR) is 95.8 cm³/mol. The van der Waals surface area contributed by atoms with Gasteiger partial charge < -0.3 is 5.11 Å². The fourth-order valence-electron chi connectivity index (χ4n) is 2.48. The van der Waals surface area contributed by atoms with Crippen molar-refractivity contribution in [2.24, 2.45) is 0 Å². The van der Waals surface area contributed by atoms with Gasteiger partial charge >= 0.3 is 5.97 Å². The summed E-state index contributed by atoms with van der Waals surface area (Å²) >= 11 is 12.1. The molecule has 126 valence electrons. The van der Waals surface area contributed by atoms with Gasteiger partial charge in [0.1, 0.15) is 0 Å². The van der Waals surface area contributed by atoms with Crippen LogP contribution >= 0.6 is 22.2 Å². The zero-order valence-corrected chi connectivity index (χ0v) is 16.0. The molecule has 0 aromatic heterocycles. The lowest BCUT2D eigenvalue weighted by Gasteiger charge is -2.09. The van der Waals surface area contributed by atoms with Crippen molar-refractivity contribution >= 4 is 34.8 Å². The summed E-state index contributed by atoms with van der Waals surface area (Å²) in [6, 6.07) is 1.03. The third-order valence-electron chi connectivity index (χ3n) is 3.76. The zero-order chi connectivity index (χ0) is 16.0. The number of carboxylic acids is 1. The fourth-order valence-corrected chi connectivity index (χ4v) is 4.15. The second-order valence-electron chi connectivity index (χ2n) is 6.21. The maximum atomic E-state index is 10.3. The van der Waals surface area contributed by atoms with Crippen molar-refractivity contribution in [1.82, 2.24) is 0 Å². The van der Waals surface area contributed by atoms with E-state index in [1.165, 1.54) is 64.2 Å². The standard InChI is InChI=1S/C16H32Cl2O2Si/c1-21(17,18)15-13-11-9-7-5-3-2-4-6-8-10-12-14-16(19)20/h2-15H2,1H3,(H,19,20). The molecule has 0 aliphatic rings. The number of aliphatic carboxylic acids is 1. The van der Waals surface area contributed by atoms with E-state index >= 15 is 0 Å². The van der Waals surface area contributed by atoms with Crippen LogP contribution < -0.4 is 0 Å². The van der Waals surface area contributed by atoms with Gasteiger partial charge in [0.2, 0.25) is 6.69 Å². The molecular weight excluding hydrogens is 323 g/mol. The molecule has 0 rings (SSSR count). The first-order valence-electron chi connectivity index (χ1n) is 8.51. The number of hydrogen-bond donors (Lipinski definition) is 1. The van der Waals surface area contributed by atoms with E-state index in [2.05, 4.69) is 0 Å². The molecular formula is C16H32Cl2O2Si. The first-order chi connectivity index (χ1) is 9.92. The molecule has 0 bridgehead atoms. The highest BCUT2D eigenvalue weighted by atomic mass is 35.7. The van der Waals surface area contributed by atoms with Crippen LogP contribution in [0.1, 0.15) is 83.5 Å². The molecule has 0 unspecified atom stereocenters. The summed E-state index contributed by atoms with van der Waals surface area (Å²) in [6.07, 6.45) is 15.1. The lowest BCUT2D eigenvalue weighted by Crippen LogP contribution is -2.11. The molecule has 0 heterocycles. The van der Waals surface area contributed by atoms with Gasteiger partial charge in [0.25, 0.3) is 0 Å². The minimum atomic E-state index is -1.85. The molecule has 1 N–H and O–H groups in total. The highest BCUT2D eigenvalue weighted by Crippen LogP contribution is 2.23. The number of carboxylic acid groups (broad SMARTS) is 1. The van der Waals surface area contributed by atoms with Crippen molar-refractivity contribution in [3.8, 4) is 0 Å². The molecule has 0 fully saturated rings. The Labute approximate surface area is 141 Å². The van der Waals surface area contributed by atoms with Gasteiger partial charge in [-0.3, -0.25) is 4.79 Å². The van der Waals surface area contributed by atoms with Crippen LogP contribution in [0, 0.1) is 0 Å². The Bertz CT molecular complexity index is 255. The summed E-state index contributed by atoms with van der Waals surface area (Å²) in [6.45, 7) is 0.146. The summed E-state index contributed by atoms with van der Waals surface area (Å²) in [7, 11) is 0. The first-order valence-corrected chi connectivity index (χ1v) is 13.2. The lowest BCUT2D eigenvalue weighted by molar-refractivity contribution is -0.137. The van der Waals surface area contributed by atoms with Crippen molar-refractivity contribution < 1.29 is 9.90 Å². The third-order valence-corrected chi connectivity index (χ3v) is 6.12. The molecule has 0 saturated heterocycles. The SMILES string of the molecule is C[Si](Cl)(Cl)CCCCCCCCCCCCCCC(=O)O. The van der Waals surface area contributed by atoms with Gasteiger partial charge in [-0.2, -0.15) is 0 Å². The monoisotopic (exact) mass is 354 g/mol. The summed E-state index contributed by atoms with van der Waals surface area (Å²) in [5.74, 6) is -0.668. The van der Waals surface area contributed by atoms with Gasteiger partial charge in [-0.25, -0.2) is 0 Å². The number of unbranched alkanes of at least 4 members (excludes halogenated alkanes) is 11. The van der Waals surface area contributed by atoms with Crippen molar-refractivity contribution in [1.29, 1.82) is 0 Å². The van der Waals surface area contributed by atoms with Crippen molar-refractivity contribution in [3.05, 3.63) is 0 Å². The van der Waals surface area contributed by atoms with Gasteiger partial charge in [-0.1, -0.05) is 70.6 Å². The van der Waals surface area contributed by atoms with Crippen molar-refractivity contribution in [2.75, 3.05) is 0 Å². The summed E-state index contributed by atoms with van der Waals surface area (Å²) in [4.78, 5) is 10.3. The van der Waals surface area contributed by atoms with Crippen LogP contribution in [0.5, 0.6) is 0 Å². The highest BCUT2D eigenvalue weighted by molar-refractivity contribution is 7.44. The van der Waals surface area contributed by atoms with Crippen LogP contribution in [0.25, 0.3) is 0 Å². The molecule has 21 heavy (non-hydrogen) atoms. The molecule has 0 aliphatic carbocycles. The minimum Gasteiger partial charge on any atom is -0.481 e. The van der Waals surface area contributed by atoms with E-state index in [0.717, 1.165) is 18.9 Å². The van der Waals surface area contributed by atoms with Crippen molar-refractivity contribution in [2.45, 2.75) is 96.1 Å². The Morgan fingerprint density at radius 2 is 1.10 bits per heavy atom. The molecule has 0 spiro atoms. The fraction of sp³-hybridized carbons (Fsp3) is 0.938. The van der Waals surface area contributed by atoms with E-state index < -0.39 is 12.7 Å². The van der Waals surface area contributed by atoms with E-state index in [9.17, 15) is 4.79 Å². The van der Waals surface area contributed by atoms with E-state index in [-0.39, 0.29) is 0 Å². The van der Waals surface area contributed by atoms with Gasteiger partial charge in [0.05, 0.1) is 0 Å². The van der Waals surface area contributed by atoms with Crippen LogP contribution in [-0.2, 0) is 4.79 Å². The molecule has 0 aromatic carbocycles. The normalized spacial score (nSPS) is 11.8. The second kappa shape index (κ2) is 13.9. The van der Waals surface area contributed by atoms with Crippen LogP contribution in [0.2, 0.25) is 12.6 Å². The van der Waals surface area contributed by atoms with E-state index in [1.54, 1.807) is 0 Å². The summed E-state index contributed by atoms with van der Waals surface area (Å²) in [5.41, 5.74) is 0. The molecule has 0 radical (unpaired) electrons. The van der Waals surface area contributed by atoms with Crippen LogP contribution in [-0.4, -0.2) is 17.8 Å². The quantitative estimate of drug-likeness (QED) is 0.202. The topological polar surface area (TPSA) is 37.3 Å². The van der Waals surface area contributed by atoms with Crippen LogP contribution in [0.15, 0.2) is 0 Å². The Morgan fingerprint density at radius 1 is 0.762 bits per heavy atom. The first kappa shape index (κ1) is 21.3. The van der Waals surface area contributed by atoms with Crippen LogP contribution in [0.3, 0.4) is 0 Å². The molecule has 0 aromatic rings. The predicted octanol–water partition coefficient (Wildman–Crippen LogP) is 6.69. The van der Waals surface area contributed by atoms with Gasteiger partial charge in [-0.15, -0.1) is 22.2 Å². The maximum Gasteiger partial charge on any atom is 0.303 e. The molecule has 0 amide bonds. The third kappa shape index (κ3) is 20.3. The lowest BCUT2D eigenvalue weighted by atomic mass is 10.0.